The predicted molar refractivity (Wildman–Crippen MR) is 72.1 cm³/mol. The van der Waals surface area contributed by atoms with E-state index in [9.17, 15) is 8.42 Å². The van der Waals surface area contributed by atoms with Crippen molar-refractivity contribution in [1.82, 2.24) is 4.72 Å². The number of hydrogen-bond donors (Lipinski definition) is 2. The van der Waals surface area contributed by atoms with Crippen LogP contribution in [-0.4, -0.2) is 19.6 Å². The zero-order valence-corrected chi connectivity index (χ0v) is 12.3. The van der Waals surface area contributed by atoms with Crippen LogP contribution in [0.2, 0.25) is 0 Å². The molecule has 0 bridgehead atoms. The average Bonchev–Trinajstić information content (AvgIpc) is 2.88. The van der Waals surface area contributed by atoms with Crippen molar-refractivity contribution < 1.29 is 13.5 Å². The molecule has 1 heterocycles. The van der Waals surface area contributed by atoms with Gasteiger partial charge >= 0.3 is 0 Å². The third kappa shape index (κ3) is 2.93. The molecule has 1 fully saturated rings. The van der Waals surface area contributed by atoms with E-state index >= 15 is 0 Å². The van der Waals surface area contributed by atoms with Gasteiger partial charge < -0.3 is 5.11 Å². The first-order valence-electron chi connectivity index (χ1n) is 6.20. The summed E-state index contributed by atoms with van der Waals surface area (Å²) in [7, 11) is -3.42. The van der Waals surface area contributed by atoms with Gasteiger partial charge in [-0.2, -0.15) is 0 Å². The second-order valence-electron chi connectivity index (χ2n) is 4.80. The van der Waals surface area contributed by atoms with Gasteiger partial charge in [-0.25, -0.2) is 13.1 Å². The number of thiophene rings is 1. The standard InChI is InChI=1S/C12H19NO3S2/c1-3-4-9-5-11(9)13-18(15,16)12-6-10(7-14)17-8(12)2/h6,9,11,13-14H,3-5,7H2,1-2H3. The van der Waals surface area contributed by atoms with Crippen LogP contribution >= 0.6 is 11.3 Å². The Hall–Kier alpha value is -0.430. The van der Waals surface area contributed by atoms with E-state index in [2.05, 4.69) is 11.6 Å². The molecule has 0 aliphatic heterocycles. The Labute approximate surface area is 112 Å². The van der Waals surface area contributed by atoms with Gasteiger partial charge in [-0.05, 0) is 31.7 Å². The quantitative estimate of drug-likeness (QED) is 0.842. The van der Waals surface area contributed by atoms with Gasteiger partial charge in [-0.3, -0.25) is 0 Å². The fourth-order valence-corrected chi connectivity index (χ4v) is 5.03. The van der Waals surface area contributed by atoms with Crippen LogP contribution in [0, 0.1) is 12.8 Å². The number of sulfonamides is 1. The van der Waals surface area contributed by atoms with Crippen LogP contribution in [0.3, 0.4) is 0 Å². The smallest absolute Gasteiger partial charge is 0.241 e. The van der Waals surface area contributed by atoms with Gasteiger partial charge in [-0.15, -0.1) is 11.3 Å². The number of aliphatic hydroxyl groups is 1. The van der Waals surface area contributed by atoms with Crippen LogP contribution < -0.4 is 4.72 Å². The first-order valence-corrected chi connectivity index (χ1v) is 8.50. The lowest BCUT2D eigenvalue weighted by Crippen LogP contribution is -2.27. The lowest BCUT2D eigenvalue weighted by Gasteiger charge is -2.05. The third-order valence-corrected chi connectivity index (χ3v) is 6.04. The molecule has 2 N–H and O–H groups in total. The highest BCUT2D eigenvalue weighted by atomic mass is 32.2. The van der Waals surface area contributed by atoms with Crippen molar-refractivity contribution in [1.29, 1.82) is 0 Å². The number of aliphatic hydroxyl groups excluding tert-OH is 1. The monoisotopic (exact) mass is 289 g/mol. The maximum Gasteiger partial charge on any atom is 0.241 e. The van der Waals surface area contributed by atoms with Gasteiger partial charge in [0.05, 0.1) is 11.5 Å². The van der Waals surface area contributed by atoms with Crippen molar-refractivity contribution in [2.24, 2.45) is 5.92 Å². The van der Waals surface area contributed by atoms with Crippen LogP contribution in [-0.2, 0) is 16.6 Å². The van der Waals surface area contributed by atoms with Gasteiger partial charge in [0.2, 0.25) is 10.0 Å². The summed E-state index contributed by atoms with van der Waals surface area (Å²) in [5.41, 5.74) is 0. The molecule has 0 aromatic carbocycles. The summed E-state index contributed by atoms with van der Waals surface area (Å²) in [6.45, 7) is 3.78. The van der Waals surface area contributed by atoms with E-state index in [0.29, 0.717) is 15.7 Å². The Morgan fingerprint density at radius 3 is 2.83 bits per heavy atom. The zero-order valence-electron chi connectivity index (χ0n) is 10.6. The number of aryl methyl sites for hydroxylation is 1. The molecule has 1 aromatic heterocycles. The molecule has 1 aliphatic carbocycles. The summed E-state index contributed by atoms with van der Waals surface area (Å²) < 4.78 is 27.1. The summed E-state index contributed by atoms with van der Waals surface area (Å²) in [5.74, 6) is 0.501. The lowest BCUT2D eigenvalue weighted by molar-refractivity contribution is 0.285. The Bertz CT molecular complexity index is 521. The predicted octanol–water partition coefficient (Wildman–Crippen LogP) is 2.02. The first-order chi connectivity index (χ1) is 8.47. The molecule has 1 saturated carbocycles. The van der Waals surface area contributed by atoms with Crippen molar-refractivity contribution in [3.8, 4) is 0 Å². The molecule has 0 spiro atoms. The molecule has 2 unspecified atom stereocenters. The third-order valence-electron chi connectivity index (χ3n) is 3.26. The molecule has 6 heteroatoms. The largest absolute Gasteiger partial charge is 0.391 e. The van der Waals surface area contributed by atoms with Crippen LogP contribution in [0.4, 0.5) is 0 Å². The lowest BCUT2D eigenvalue weighted by atomic mass is 10.2. The van der Waals surface area contributed by atoms with E-state index in [1.54, 1.807) is 13.0 Å². The van der Waals surface area contributed by atoms with Gasteiger partial charge in [0.1, 0.15) is 0 Å². The van der Waals surface area contributed by atoms with Crippen molar-refractivity contribution in [2.75, 3.05) is 0 Å². The maximum absolute atomic E-state index is 12.2. The topological polar surface area (TPSA) is 66.4 Å². The van der Waals surface area contributed by atoms with Crippen molar-refractivity contribution in [3.05, 3.63) is 15.8 Å². The molecular formula is C12H19NO3S2. The van der Waals surface area contributed by atoms with Gasteiger partial charge in [0.25, 0.3) is 0 Å². The van der Waals surface area contributed by atoms with Gasteiger partial charge in [-0.1, -0.05) is 13.3 Å². The fourth-order valence-electron chi connectivity index (χ4n) is 2.21. The number of hydrogen-bond acceptors (Lipinski definition) is 4. The molecule has 2 atom stereocenters. The van der Waals surface area contributed by atoms with Crippen LogP contribution in [0.25, 0.3) is 0 Å². The van der Waals surface area contributed by atoms with Crippen molar-refractivity contribution in [2.45, 2.75) is 50.7 Å². The van der Waals surface area contributed by atoms with Crippen LogP contribution in [0.15, 0.2) is 11.0 Å². The van der Waals surface area contributed by atoms with E-state index in [1.165, 1.54) is 11.3 Å². The Kier molecular flexibility index (Phi) is 4.11. The summed E-state index contributed by atoms with van der Waals surface area (Å²) in [4.78, 5) is 1.74. The molecule has 1 aliphatic rings. The fraction of sp³-hybridized carbons (Fsp3) is 0.667. The highest BCUT2D eigenvalue weighted by Crippen LogP contribution is 2.36. The van der Waals surface area contributed by atoms with E-state index in [1.807, 2.05) is 0 Å². The Morgan fingerprint density at radius 2 is 2.28 bits per heavy atom. The van der Waals surface area contributed by atoms with Crippen molar-refractivity contribution >= 4 is 21.4 Å². The van der Waals surface area contributed by atoms with Crippen LogP contribution in [0.1, 0.15) is 35.9 Å². The second kappa shape index (κ2) is 5.28. The summed E-state index contributed by atoms with van der Waals surface area (Å²) >= 11 is 1.33. The maximum atomic E-state index is 12.2. The highest BCUT2D eigenvalue weighted by molar-refractivity contribution is 7.89. The van der Waals surface area contributed by atoms with Gasteiger partial charge in [0, 0.05) is 15.8 Å². The number of nitrogens with one attached hydrogen (secondary N) is 1. The highest BCUT2D eigenvalue weighted by Gasteiger charge is 2.39. The molecule has 18 heavy (non-hydrogen) atoms. The minimum Gasteiger partial charge on any atom is -0.391 e. The molecule has 1 aromatic rings. The summed E-state index contributed by atoms with van der Waals surface area (Å²) in [6.07, 6.45) is 3.12. The zero-order chi connectivity index (χ0) is 13.3. The molecule has 2 rings (SSSR count). The van der Waals surface area contributed by atoms with Crippen molar-refractivity contribution in [3.63, 3.8) is 0 Å². The summed E-state index contributed by atoms with van der Waals surface area (Å²) in [6, 6.07) is 1.67. The molecule has 102 valence electrons. The van der Waals surface area contributed by atoms with E-state index < -0.39 is 10.0 Å². The minimum absolute atomic E-state index is 0.104. The molecule has 4 nitrogen and oxygen atoms in total. The van der Waals surface area contributed by atoms with E-state index in [0.717, 1.165) is 24.1 Å². The molecule has 0 amide bonds. The van der Waals surface area contributed by atoms with Crippen LogP contribution in [0.5, 0.6) is 0 Å². The van der Waals surface area contributed by atoms with Gasteiger partial charge in [0.15, 0.2) is 0 Å². The SMILES string of the molecule is CCCC1CC1NS(=O)(=O)c1cc(CO)sc1C. The second-order valence-corrected chi connectivity index (χ2v) is 7.83. The molecule has 0 saturated heterocycles. The Morgan fingerprint density at radius 1 is 1.56 bits per heavy atom. The average molecular weight is 289 g/mol. The number of rotatable bonds is 6. The van der Waals surface area contributed by atoms with E-state index in [4.69, 9.17) is 5.11 Å². The minimum atomic E-state index is -3.42. The van der Waals surface area contributed by atoms with E-state index in [-0.39, 0.29) is 12.6 Å². The Balaban J connectivity index is 2.09. The first kappa shape index (κ1) is 14.0. The molecule has 0 radical (unpaired) electrons. The normalized spacial score (nSPS) is 23.3. The molecular weight excluding hydrogens is 270 g/mol. The summed E-state index contributed by atoms with van der Waals surface area (Å²) in [5, 5.41) is 9.04.